The molecule has 0 N–H and O–H groups in total. The minimum Gasteiger partial charge on any atom is -0.0683 e. The van der Waals surface area contributed by atoms with Crippen LogP contribution in [0.3, 0.4) is 0 Å². The molecule has 0 aromatic rings. The van der Waals surface area contributed by atoms with Crippen molar-refractivity contribution in [1.82, 2.24) is 0 Å². The lowest BCUT2D eigenvalue weighted by molar-refractivity contribution is 0.244. The van der Waals surface area contributed by atoms with Crippen LogP contribution in [0, 0.1) is 16.7 Å². The Labute approximate surface area is 124 Å². The molecule has 1 fully saturated rings. The van der Waals surface area contributed by atoms with Gasteiger partial charge in [0.15, 0.2) is 0 Å². The Bertz CT molecular complexity index is 173. The third-order valence-corrected chi connectivity index (χ3v) is 3.68. The van der Waals surface area contributed by atoms with Crippen LogP contribution >= 0.6 is 0 Å². The smallest absolute Gasteiger partial charge is 0.0354 e. The Morgan fingerprint density at radius 2 is 1.32 bits per heavy atom. The summed E-state index contributed by atoms with van der Waals surface area (Å²) in [5.41, 5.74) is 1.21. The van der Waals surface area contributed by atoms with Gasteiger partial charge in [0.2, 0.25) is 0 Å². The van der Waals surface area contributed by atoms with Gasteiger partial charge < -0.3 is 0 Å². The van der Waals surface area contributed by atoms with Crippen molar-refractivity contribution in [2.24, 2.45) is 16.7 Å². The molecule has 0 nitrogen and oxygen atoms in total. The molecule has 0 aromatic carbocycles. The van der Waals surface area contributed by atoms with Gasteiger partial charge >= 0.3 is 0 Å². The number of hydrogen-bond donors (Lipinski definition) is 0. The fourth-order valence-corrected chi connectivity index (χ4v) is 2.23. The van der Waals surface area contributed by atoms with Gasteiger partial charge in [-0.05, 0) is 36.0 Å². The quantitative estimate of drug-likeness (QED) is 0.488. The van der Waals surface area contributed by atoms with Gasteiger partial charge in [-0.2, -0.15) is 0 Å². The lowest BCUT2D eigenvalue weighted by atomic mass is 9.78. The Morgan fingerprint density at radius 1 is 0.895 bits per heavy atom. The highest BCUT2D eigenvalue weighted by Gasteiger charge is 2.19. The molecule has 0 unspecified atom stereocenters. The summed E-state index contributed by atoms with van der Waals surface area (Å²) in [5, 5.41) is 0. The normalized spacial score (nSPS) is 18.0. The highest BCUT2D eigenvalue weighted by atomic mass is 14.3. The molecule has 0 saturated heterocycles. The van der Waals surface area contributed by atoms with E-state index in [9.17, 15) is 0 Å². The summed E-state index contributed by atoms with van der Waals surface area (Å²) in [6.07, 6.45) is 10.0. The molecule has 1 rings (SSSR count). The second-order valence-electron chi connectivity index (χ2n) is 8.22. The maximum atomic E-state index is 2.38. The van der Waals surface area contributed by atoms with Crippen molar-refractivity contribution in [3.05, 3.63) is 0 Å². The van der Waals surface area contributed by atoms with Crippen LogP contribution in [-0.4, -0.2) is 0 Å². The molecule has 0 radical (unpaired) electrons. The zero-order valence-corrected chi connectivity index (χ0v) is 15.5. The second-order valence-corrected chi connectivity index (χ2v) is 8.22. The van der Waals surface area contributed by atoms with Gasteiger partial charge in [0.25, 0.3) is 0 Å². The average molecular weight is 271 g/mol. The monoisotopic (exact) mass is 270 g/mol. The summed E-state index contributed by atoms with van der Waals surface area (Å²) in [4.78, 5) is 0. The van der Waals surface area contributed by atoms with Crippen molar-refractivity contribution < 1.29 is 0 Å². The Hall–Kier alpha value is 0. The molecular weight excluding hydrogens is 228 g/mol. The maximum absolute atomic E-state index is 2.38. The molecule has 0 spiro atoms. The van der Waals surface area contributed by atoms with Crippen LogP contribution in [0.25, 0.3) is 0 Å². The van der Waals surface area contributed by atoms with E-state index >= 15 is 0 Å². The summed E-state index contributed by atoms with van der Waals surface area (Å²) in [5.74, 6) is 0.865. The Balaban J connectivity index is 0. The van der Waals surface area contributed by atoms with E-state index < -0.39 is 0 Å². The summed E-state index contributed by atoms with van der Waals surface area (Å²) < 4.78 is 0. The van der Waals surface area contributed by atoms with Gasteiger partial charge in [-0.15, -0.1) is 0 Å². The molecule has 0 atom stereocenters. The molecule has 0 bridgehead atoms. The van der Waals surface area contributed by atoms with E-state index in [0.717, 1.165) is 5.92 Å². The minimum absolute atomic E-state index is 0.532. The molecule has 1 aliphatic rings. The SMILES string of the molecule is CC.CC(C)CCC(C)(C)C.CC1(C)CCCCC1. The zero-order valence-electron chi connectivity index (χ0n) is 15.5. The van der Waals surface area contributed by atoms with Crippen LogP contribution in [0.4, 0.5) is 0 Å². The molecule has 0 aromatic heterocycles. The van der Waals surface area contributed by atoms with E-state index in [2.05, 4.69) is 48.5 Å². The lowest BCUT2D eigenvalue weighted by Crippen LogP contribution is -2.14. The van der Waals surface area contributed by atoms with E-state index in [1.807, 2.05) is 13.8 Å². The first-order valence-corrected chi connectivity index (χ1v) is 8.62. The van der Waals surface area contributed by atoms with Crippen molar-refractivity contribution in [1.29, 1.82) is 0 Å². The molecule has 0 heterocycles. The van der Waals surface area contributed by atoms with Gasteiger partial charge in [0.1, 0.15) is 0 Å². The van der Waals surface area contributed by atoms with Crippen molar-refractivity contribution in [2.75, 3.05) is 0 Å². The van der Waals surface area contributed by atoms with Crippen LogP contribution in [0.1, 0.15) is 107 Å². The van der Waals surface area contributed by atoms with Crippen LogP contribution in [0.15, 0.2) is 0 Å². The van der Waals surface area contributed by atoms with E-state index in [1.165, 1.54) is 44.9 Å². The molecule has 1 saturated carbocycles. The highest BCUT2D eigenvalue weighted by molar-refractivity contribution is 4.72. The maximum Gasteiger partial charge on any atom is -0.0354 e. The van der Waals surface area contributed by atoms with Crippen LogP contribution in [0.5, 0.6) is 0 Å². The number of hydrogen-bond acceptors (Lipinski definition) is 0. The highest BCUT2D eigenvalue weighted by Crippen LogP contribution is 2.34. The molecular formula is C19H42. The summed E-state index contributed by atoms with van der Waals surface area (Å²) >= 11 is 0. The lowest BCUT2D eigenvalue weighted by Gasteiger charge is -2.28. The molecule has 0 heteroatoms. The second kappa shape index (κ2) is 10.7. The predicted octanol–water partition coefficient (Wildman–Crippen LogP) is 7.47. The first kappa shape index (κ1) is 21.3. The fraction of sp³-hybridized carbons (Fsp3) is 1.00. The Morgan fingerprint density at radius 3 is 1.47 bits per heavy atom. The molecule has 1 aliphatic carbocycles. The van der Waals surface area contributed by atoms with Crippen LogP contribution in [-0.2, 0) is 0 Å². The van der Waals surface area contributed by atoms with Gasteiger partial charge in [0, 0.05) is 0 Å². The van der Waals surface area contributed by atoms with E-state index in [1.54, 1.807) is 0 Å². The first-order valence-electron chi connectivity index (χ1n) is 8.62. The summed E-state index contributed by atoms with van der Waals surface area (Å²) in [6, 6.07) is 0. The minimum atomic E-state index is 0.532. The van der Waals surface area contributed by atoms with Gasteiger partial charge in [0.05, 0.1) is 0 Å². The van der Waals surface area contributed by atoms with Crippen LogP contribution < -0.4 is 0 Å². The predicted molar refractivity (Wildman–Crippen MR) is 91.7 cm³/mol. The fourth-order valence-electron chi connectivity index (χ4n) is 2.23. The van der Waals surface area contributed by atoms with Gasteiger partial charge in [-0.25, -0.2) is 0 Å². The van der Waals surface area contributed by atoms with Crippen molar-refractivity contribution in [2.45, 2.75) is 107 Å². The zero-order chi connectivity index (χ0) is 15.5. The summed E-state index contributed by atoms with van der Waals surface area (Å²) in [7, 11) is 0. The van der Waals surface area contributed by atoms with Crippen LogP contribution in [0.2, 0.25) is 0 Å². The molecule has 0 amide bonds. The Kier molecular flexibility index (Phi) is 12.0. The average Bonchev–Trinajstić information content (AvgIpc) is 2.29. The molecule has 0 aliphatic heterocycles. The third-order valence-electron chi connectivity index (χ3n) is 3.68. The van der Waals surface area contributed by atoms with E-state index in [-0.39, 0.29) is 0 Å². The molecule has 19 heavy (non-hydrogen) atoms. The van der Waals surface area contributed by atoms with E-state index in [0.29, 0.717) is 10.8 Å². The summed E-state index contributed by atoms with van der Waals surface area (Å²) in [6.45, 7) is 20.2. The van der Waals surface area contributed by atoms with Crippen molar-refractivity contribution in [3.63, 3.8) is 0 Å². The number of rotatable bonds is 2. The third kappa shape index (κ3) is 18.0. The largest absolute Gasteiger partial charge is 0.0683 e. The van der Waals surface area contributed by atoms with Gasteiger partial charge in [-0.3, -0.25) is 0 Å². The first-order chi connectivity index (χ1) is 8.62. The van der Waals surface area contributed by atoms with Crippen molar-refractivity contribution in [3.8, 4) is 0 Å². The van der Waals surface area contributed by atoms with Crippen molar-refractivity contribution >= 4 is 0 Å². The molecule has 118 valence electrons. The topological polar surface area (TPSA) is 0 Å². The standard InChI is InChI=1S/C9H20.C8H16.C2H6/c1-8(2)6-7-9(3,4)5;1-8(2)6-4-3-5-7-8;1-2/h8H,6-7H2,1-5H3;3-7H2,1-2H3;1-2H3. The van der Waals surface area contributed by atoms with Gasteiger partial charge in [-0.1, -0.05) is 88.0 Å². The van der Waals surface area contributed by atoms with E-state index in [4.69, 9.17) is 0 Å².